The minimum absolute atomic E-state index is 0.00138. The van der Waals surface area contributed by atoms with E-state index >= 15 is 0 Å². The van der Waals surface area contributed by atoms with Crippen molar-refractivity contribution in [2.75, 3.05) is 20.2 Å². The summed E-state index contributed by atoms with van der Waals surface area (Å²) in [5.41, 5.74) is 0.448. The van der Waals surface area contributed by atoms with Crippen LogP contribution >= 0.6 is 0 Å². The van der Waals surface area contributed by atoms with Gasteiger partial charge in [-0.3, -0.25) is 4.79 Å². The highest BCUT2D eigenvalue weighted by Gasteiger charge is 2.21. The smallest absolute Gasteiger partial charge is 0.256 e. The third-order valence-corrected chi connectivity index (χ3v) is 2.57. The molecular formula is C16H20FNO2. The van der Waals surface area contributed by atoms with E-state index in [4.69, 9.17) is 5.11 Å². The summed E-state index contributed by atoms with van der Waals surface area (Å²) in [6.45, 7) is 6.28. The SMILES string of the molecule is CN(CC(C)(C)C)C(=O)c1cc(C#CCO)ccc1F. The lowest BCUT2D eigenvalue weighted by Crippen LogP contribution is -2.35. The van der Waals surface area contributed by atoms with Gasteiger partial charge in [0.25, 0.3) is 5.91 Å². The van der Waals surface area contributed by atoms with Crippen LogP contribution in [-0.2, 0) is 0 Å². The topological polar surface area (TPSA) is 40.5 Å². The second-order valence-corrected chi connectivity index (χ2v) is 5.88. The maximum Gasteiger partial charge on any atom is 0.256 e. The molecule has 0 aliphatic carbocycles. The third-order valence-electron chi connectivity index (χ3n) is 2.57. The van der Waals surface area contributed by atoms with E-state index in [-0.39, 0.29) is 23.5 Å². The van der Waals surface area contributed by atoms with Gasteiger partial charge in [-0.05, 0) is 23.6 Å². The van der Waals surface area contributed by atoms with E-state index in [1.54, 1.807) is 7.05 Å². The van der Waals surface area contributed by atoms with Gasteiger partial charge >= 0.3 is 0 Å². The van der Waals surface area contributed by atoms with Crippen LogP contribution in [0.25, 0.3) is 0 Å². The van der Waals surface area contributed by atoms with Gasteiger partial charge in [-0.15, -0.1) is 0 Å². The molecule has 0 radical (unpaired) electrons. The second kappa shape index (κ2) is 6.53. The standard InChI is InChI=1S/C16H20FNO2/c1-16(2,3)11-18(4)15(20)13-10-12(6-5-9-19)7-8-14(13)17/h7-8,10,19H,9,11H2,1-4H3. The van der Waals surface area contributed by atoms with Gasteiger partial charge in [-0.2, -0.15) is 0 Å². The van der Waals surface area contributed by atoms with Gasteiger partial charge in [0.05, 0.1) is 5.56 Å². The van der Waals surface area contributed by atoms with E-state index in [0.717, 1.165) is 0 Å². The molecule has 0 aliphatic heterocycles. The summed E-state index contributed by atoms with van der Waals surface area (Å²) >= 11 is 0. The first-order chi connectivity index (χ1) is 9.24. The van der Waals surface area contributed by atoms with Crippen LogP contribution in [-0.4, -0.2) is 36.1 Å². The molecule has 108 valence electrons. The average molecular weight is 277 g/mol. The summed E-state index contributed by atoms with van der Waals surface area (Å²) in [6, 6.07) is 4.12. The summed E-state index contributed by atoms with van der Waals surface area (Å²) in [5.74, 6) is 4.21. The molecule has 0 aromatic heterocycles. The highest BCUT2D eigenvalue weighted by atomic mass is 19.1. The molecular weight excluding hydrogens is 257 g/mol. The fourth-order valence-corrected chi connectivity index (χ4v) is 1.90. The number of aliphatic hydroxyl groups excluding tert-OH is 1. The predicted octanol–water partition coefficient (Wildman–Crippen LogP) is 2.29. The van der Waals surface area contributed by atoms with Crippen molar-refractivity contribution in [2.24, 2.45) is 5.41 Å². The Morgan fingerprint density at radius 1 is 1.40 bits per heavy atom. The van der Waals surface area contributed by atoms with Gasteiger partial charge in [-0.25, -0.2) is 4.39 Å². The first-order valence-corrected chi connectivity index (χ1v) is 6.39. The van der Waals surface area contributed by atoms with Crippen LogP contribution in [0.2, 0.25) is 0 Å². The van der Waals surface area contributed by atoms with E-state index in [9.17, 15) is 9.18 Å². The normalized spacial score (nSPS) is 10.7. The van der Waals surface area contributed by atoms with Gasteiger partial charge in [0, 0.05) is 19.2 Å². The molecule has 0 aliphatic rings. The Hall–Kier alpha value is -1.86. The van der Waals surface area contributed by atoms with Crippen molar-refractivity contribution >= 4 is 5.91 Å². The van der Waals surface area contributed by atoms with Crippen LogP contribution in [0.5, 0.6) is 0 Å². The molecule has 0 bridgehead atoms. The molecule has 0 atom stereocenters. The molecule has 0 heterocycles. The number of carbonyl (C=O) groups excluding carboxylic acids is 1. The summed E-state index contributed by atoms with van der Waals surface area (Å²) < 4.78 is 13.8. The van der Waals surface area contributed by atoms with Crippen LogP contribution in [0, 0.1) is 23.1 Å². The van der Waals surface area contributed by atoms with Crippen LogP contribution in [0.1, 0.15) is 36.7 Å². The number of hydrogen-bond acceptors (Lipinski definition) is 2. The first-order valence-electron chi connectivity index (χ1n) is 6.39. The van der Waals surface area contributed by atoms with Crippen molar-refractivity contribution in [1.29, 1.82) is 0 Å². The van der Waals surface area contributed by atoms with E-state index in [2.05, 4.69) is 11.8 Å². The number of aliphatic hydroxyl groups is 1. The Balaban J connectivity index is 3.03. The largest absolute Gasteiger partial charge is 0.384 e. The molecule has 1 rings (SSSR count). The third kappa shape index (κ3) is 4.67. The molecule has 1 amide bonds. The summed E-state index contributed by atoms with van der Waals surface area (Å²) in [4.78, 5) is 13.8. The monoisotopic (exact) mass is 277 g/mol. The van der Waals surface area contributed by atoms with Crippen LogP contribution in [0.15, 0.2) is 18.2 Å². The van der Waals surface area contributed by atoms with Gasteiger partial charge in [0.1, 0.15) is 12.4 Å². The zero-order chi connectivity index (χ0) is 15.3. The molecule has 1 aromatic carbocycles. The second-order valence-electron chi connectivity index (χ2n) is 5.88. The minimum atomic E-state index is -0.565. The van der Waals surface area contributed by atoms with E-state index in [1.165, 1.54) is 23.1 Å². The Bertz CT molecular complexity index is 550. The van der Waals surface area contributed by atoms with Crippen LogP contribution in [0.4, 0.5) is 4.39 Å². The summed E-state index contributed by atoms with van der Waals surface area (Å²) in [6.07, 6.45) is 0. The van der Waals surface area contributed by atoms with Crippen molar-refractivity contribution in [3.8, 4) is 11.8 Å². The van der Waals surface area contributed by atoms with Gasteiger partial charge < -0.3 is 10.0 Å². The summed E-state index contributed by atoms with van der Waals surface area (Å²) in [5, 5.41) is 8.65. The highest BCUT2D eigenvalue weighted by Crippen LogP contribution is 2.18. The van der Waals surface area contributed by atoms with E-state index < -0.39 is 5.82 Å². The number of carbonyl (C=O) groups is 1. The molecule has 0 fully saturated rings. The molecule has 0 spiro atoms. The Morgan fingerprint density at radius 2 is 2.05 bits per heavy atom. The van der Waals surface area contributed by atoms with Gasteiger partial charge in [0.2, 0.25) is 0 Å². The van der Waals surface area contributed by atoms with E-state index in [1.807, 2.05) is 20.8 Å². The number of amides is 1. The van der Waals surface area contributed by atoms with Crippen molar-refractivity contribution < 1.29 is 14.3 Å². The minimum Gasteiger partial charge on any atom is -0.384 e. The Labute approximate surface area is 119 Å². The predicted molar refractivity (Wildman–Crippen MR) is 76.8 cm³/mol. The number of halogens is 1. The number of nitrogens with zero attached hydrogens (tertiary/aromatic N) is 1. The maximum absolute atomic E-state index is 13.8. The van der Waals surface area contributed by atoms with Crippen LogP contribution in [0.3, 0.4) is 0 Å². The average Bonchev–Trinajstić information content (AvgIpc) is 2.35. The fourth-order valence-electron chi connectivity index (χ4n) is 1.90. The summed E-state index contributed by atoms with van der Waals surface area (Å²) in [7, 11) is 1.65. The highest BCUT2D eigenvalue weighted by molar-refractivity contribution is 5.94. The molecule has 0 saturated carbocycles. The van der Waals surface area contributed by atoms with Gasteiger partial charge in [-0.1, -0.05) is 32.6 Å². The van der Waals surface area contributed by atoms with Crippen molar-refractivity contribution in [1.82, 2.24) is 4.90 Å². The molecule has 20 heavy (non-hydrogen) atoms. The Morgan fingerprint density at radius 3 is 2.60 bits per heavy atom. The molecule has 0 saturated heterocycles. The maximum atomic E-state index is 13.8. The molecule has 1 aromatic rings. The van der Waals surface area contributed by atoms with Crippen LogP contribution < -0.4 is 0 Å². The van der Waals surface area contributed by atoms with Crippen molar-refractivity contribution in [3.05, 3.63) is 35.1 Å². The zero-order valence-electron chi connectivity index (χ0n) is 12.3. The van der Waals surface area contributed by atoms with Crippen molar-refractivity contribution in [2.45, 2.75) is 20.8 Å². The quantitative estimate of drug-likeness (QED) is 0.843. The number of hydrogen-bond donors (Lipinski definition) is 1. The van der Waals surface area contributed by atoms with Gasteiger partial charge in [0.15, 0.2) is 0 Å². The number of benzene rings is 1. The first kappa shape index (κ1) is 16.2. The molecule has 4 heteroatoms. The number of rotatable bonds is 2. The van der Waals surface area contributed by atoms with Crippen molar-refractivity contribution in [3.63, 3.8) is 0 Å². The Kier molecular flexibility index (Phi) is 5.29. The lowest BCUT2D eigenvalue weighted by Gasteiger charge is -2.26. The molecule has 0 unspecified atom stereocenters. The molecule has 1 N–H and O–H groups in total. The van der Waals surface area contributed by atoms with E-state index in [0.29, 0.717) is 12.1 Å². The fraction of sp³-hybridized carbons (Fsp3) is 0.438. The lowest BCUT2D eigenvalue weighted by atomic mass is 9.96. The zero-order valence-corrected chi connectivity index (χ0v) is 12.3. The lowest BCUT2D eigenvalue weighted by molar-refractivity contribution is 0.0741. The molecule has 3 nitrogen and oxygen atoms in total.